The molecule has 0 saturated heterocycles. The predicted octanol–water partition coefficient (Wildman–Crippen LogP) is 9.95. The molecule has 0 amide bonds. The maximum atomic E-state index is 12.0. The van der Waals surface area contributed by atoms with Crippen molar-refractivity contribution in [1.82, 2.24) is 29.9 Å². The number of carbonyl (C=O) groups is 7. The average molecular weight is 1820 g/mol. The fraction of sp³-hybridized carbons (Fsp3) is 0.486. The van der Waals surface area contributed by atoms with Crippen molar-refractivity contribution in [3.05, 3.63) is 177 Å². The summed E-state index contributed by atoms with van der Waals surface area (Å²) in [5.74, 6) is -2.96. The molecule has 15 rings (SSSR count). The molecule has 0 aromatic carbocycles. The first-order valence-corrected chi connectivity index (χ1v) is 36.9. The van der Waals surface area contributed by atoms with Gasteiger partial charge in [0, 0.05) is 42.7 Å². The van der Waals surface area contributed by atoms with Crippen molar-refractivity contribution in [3.8, 4) is 0 Å². The molecule has 4 N–H and O–H groups in total. The maximum Gasteiger partial charge on any atom is 2.00 e. The number of nitrogens with zero attached hydrogens (tertiary/aromatic N) is 6. The summed E-state index contributed by atoms with van der Waals surface area (Å²) in [5.41, 5.74) is 5.17. The van der Waals surface area contributed by atoms with Crippen LogP contribution in [-0.2, 0) is 72.2 Å². The van der Waals surface area contributed by atoms with E-state index in [0.29, 0.717) is 49.2 Å². The minimum atomic E-state index is -1.07. The van der Waals surface area contributed by atoms with E-state index >= 15 is 0 Å². The van der Waals surface area contributed by atoms with Crippen LogP contribution in [0.1, 0.15) is 232 Å². The van der Waals surface area contributed by atoms with Crippen molar-refractivity contribution >= 4 is 160 Å². The van der Waals surface area contributed by atoms with Gasteiger partial charge in [-0.05, 0) is 246 Å². The zero-order valence-electron chi connectivity index (χ0n) is 59.7. The van der Waals surface area contributed by atoms with Crippen LogP contribution in [0.4, 0.5) is 3.89 Å². The van der Waals surface area contributed by atoms with Crippen molar-refractivity contribution in [2.75, 3.05) is 20.0 Å². The summed E-state index contributed by atoms with van der Waals surface area (Å²) in [7, 11) is 1.31. The number of carboxylic acids is 1. The van der Waals surface area contributed by atoms with Crippen LogP contribution in [0.3, 0.4) is 0 Å². The molecule has 6 aromatic heterocycles. The third-order valence-electron chi connectivity index (χ3n) is 19.4. The Morgan fingerprint density at radius 1 is 0.626 bits per heavy atom. The molecule has 6 aromatic rings. The molecule has 4 unspecified atom stereocenters. The van der Waals surface area contributed by atoms with Crippen LogP contribution in [-0.4, -0.2) is 166 Å². The zero-order chi connectivity index (χ0) is 73.2. The largest absolute Gasteiger partial charge is 2.00 e. The van der Waals surface area contributed by atoms with Gasteiger partial charge in [-0.1, -0.05) is 49.7 Å². The number of aldehydes is 1. The monoisotopic (exact) mass is 1820 g/mol. The number of methoxy groups -OCH3 is 1. The molecule has 3 spiro atoms. The van der Waals surface area contributed by atoms with E-state index in [2.05, 4.69) is 82.4 Å². The quantitative estimate of drug-likeness (QED) is 0.0287. The standard InChI is InChI=1S/C17H21NO4.C13H13NO4.C12H11NO4.C10H11BrClNO.C9H9BrClNO.C9H7BrClNO.CH3FS.2CH4.CH3.BrH.Li.Mg.H2O/c1-10-17(7-8-17)14-12(15(20)21-10)6-5-11(18-14)9-13(19)22-16(2,3)4;1-7-13(5-6-13)10-8(11(15)18-7)3-4-9(14-10)12(16)17-2;1-6-12(4-5-12)9-7(11(16)17-6)2-3-8(13-9)10(14)15;1-6(14)10(4-5-10)9-7(11)2-3-8(12)13-9;2*10-6-1-2-7(11)12-8(6)9(5-13)3-4-9;1-3-2;;;;;;;/h5-6,10H,7-9H2,1-4H3;3-4,7H,5-6H2,1-2H3;2-3,6H,4-5H2,1H3,(H,14,15);2-3,6,14H,4-5H2,1H3;1-2,13H,3-5H2;1-2,5H,3-4H2;1H3;2*1H4;1H3;1H;;;1H2/q;;;;;;;;;-1;;+1;+2;/p-2. The third kappa shape index (κ3) is 22.3. The number of pyridine rings is 6. The van der Waals surface area contributed by atoms with Crippen LogP contribution in [0.15, 0.2) is 86.2 Å². The number of cyclic esters (lactones) is 3. The van der Waals surface area contributed by atoms with Crippen LogP contribution in [0, 0.1) is 7.43 Å². The van der Waals surface area contributed by atoms with Gasteiger partial charge in [0.2, 0.25) is 0 Å². The molecule has 6 fully saturated rings. The fourth-order valence-corrected chi connectivity index (χ4v) is 14.7. The van der Waals surface area contributed by atoms with Gasteiger partial charge in [0.25, 0.3) is 0 Å². The van der Waals surface area contributed by atoms with Crippen molar-refractivity contribution in [3.63, 3.8) is 0 Å². The molecular formula is C74H87Br4Cl3FLiMgN6O16S. The number of rotatable bonds is 10. The number of fused-ring (bicyclic) bond motifs is 6. The van der Waals surface area contributed by atoms with E-state index in [4.69, 9.17) is 58.9 Å². The molecule has 9 heterocycles. The molecule has 22 nitrogen and oxygen atoms in total. The molecule has 0 bridgehead atoms. The second-order valence-corrected chi connectivity index (χ2v) is 31.2. The minimum absolute atomic E-state index is 0. The molecule has 0 radical (unpaired) electrons. The third-order valence-corrected chi connectivity index (χ3v) is 21.9. The normalized spacial score (nSPS) is 19.6. The van der Waals surface area contributed by atoms with Crippen LogP contribution >= 0.6 is 94.7 Å². The van der Waals surface area contributed by atoms with Gasteiger partial charge >= 0.3 is 77.7 Å². The van der Waals surface area contributed by atoms with Gasteiger partial charge in [0.05, 0.1) is 104 Å². The van der Waals surface area contributed by atoms with Crippen molar-refractivity contribution in [2.24, 2.45) is 0 Å². The Balaban J connectivity index is 0.000000431. The first-order chi connectivity index (χ1) is 47.2. The number of ether oxygens (including phenoxy) is 5. The summed E-state index contributed by atoms with van der Waals surface area (Å²) in [6.07, 6.45) is 12.8. The number of hydrogen-bond donors (Lipinski definition) is 3. The van der Waals surface area contributed by atoms with Crippen molar-refractivity contribution < 1.29 is 118 Å². The van der Waals surface area contributed by atoms with Crippen LogP contribution in [0.5, 0.6) is 0 Å². The number of aliphatic hydroxyl groups excluding tert-OH is 2. The number of carbonyl (C=O) groups excluding carboxylic acids is 6. The van der Waals surface area contributed by atoms with Gasteiger partial charge in [-0.25, -0.2) is 48.9 Å². The molecule has 3 aliphatic heterocycles. The Hall–Kier alpha value is -4.30. The smallest absolute Gasteiger partial charge is 1.00 e. The summed E-state index contributed by atoms with van der Waals surface area (Å²) in [6.45, 7) is 13.1. The summed E-state index contributed by atoms with van der Waals surface area (Å²) in [4.78, 5) is 106. The SMILES string of the molecule is C.C.CC(O)C1(c2nc(Cl)ccc2Br)CC1.CC1OC(=O)c2ccc(C(=O)O)nc2C12CC2.CC1OC(=O)c2ccc(CC(=O)OC(C)(C)C)nc2C12CC2.COC(=O)c1ccc2c(n1)C1(CC1)C(C)OC2=O.CSF.O=CC1(c2nc(Cl)ccc2Br)CC1.OCC1(c2nc(Cl)ccc2Br)CC1.[Br-].[CH3-].[Li+].[Mg+2].[OH-]. The number of aromatic nitrogens is 6. The topological polar surface area (TPSA) is 334 Å². The maximum absolute atomic E-state index is 12.0. The number of esters is 5. The molecule has 4 atom stereocenters. The molecule has 574 valence electrons. The number of aromatic carboxylic acids is 1. The Morgan fingerprint density at radius 2 is 0.991 bits per heavy atom. The van der Waals surface area contributed by atoms with Gasteiger partial charge < -0.3 is 73.7 Å². The van der Waals surface area contributed by atoms with E-state index in [1.54, 1.807) is 36.4 Å². The zero-order valence-corrected chi connectivity index (χ0v) is 70.6. The van der Waals surface area contributed by atoms with Gasteiger partial charge in [-0.15, -0.1) is 0 Å². The summed E-state index contributed by atoms with van der Waals surface area (Å²) < 4.78 is 38.9. The van der Waals surface area contributed by atoms with E-state index in [9.17, 15) is 47.7 Å². The Kier molecular flexibility index (Phi) is 36.9. The van der Waals surface area contributed by atoms with Crippen LogP contribution in [0.2, 0.25) is 15.5 Å². The van der Waals surface area contributed by atoms with Crippen molar-refractivity contribution in [2.45, 2.75) is 209 Å². The van der Waals surface area contributed by atoms with Gasteiger partial charge in [-0.3, -0.25) is 9.78 Å². The van der Waals surface area contributed by atoms with Crippen LogP contribution in [0.25, 0.3) is 0 Å². The van der Waals surface area contributed by atoms with E-state index in [1.165, 1.54) is 31.6 Å². The van der Waals surface area contributed by atoms with E-state index in [1.807, 2.05) is 66.7 Å². The predicted molar refractivity (Wildman–Crippen MR) is 409 cm³/mol. The molecule has 33 heteroatoms. The molecular weight excluding hydrogens is 1740 g/mol. The summed E-state index contributed by atoms with van der Waals surface area (Å²) >= 11 is 27.9. The second kappa shape index (κ2) is 39.9. The van der Waals surface area contributed by atoms with Gasteiger partial charge in [0.1, 0.15) is 57.0 Å². The number of aliphatic hydroxyl groups is 2. The van der Waals surface area contributed by atoms with Gasteiger partial charge in [-0.2, -0.15) is 3.89 Å². The van der Waals surface area contributed by atoms with Crippen LogP contribution < -0.4 is 35.8 Å². The number of carboxylic acid groups (broad SMARTS) is 1. The Morgan fingerprint density at radius 3 is 1.34 bits per heavy atom. The molecule has 107 heavy (non-hydrogen) atoms. The molecule has 9 aliphatic rings. The summed E-state index contributed by atoms with van der Waals surface area (Å²) in [6, 6.07) is 20.1. The first-order valence-electron chi connectivity index (χ1n) is 32.2. The fourth-order valence-electron chi connectivity index (χ4n) is 12.4. The van der Waals surface area contributed by atoms with E-state index in [-0.39, 0.29) is 198 Å². The second-order valence-electron chi connectivity index (χ2n) is 27.1. The average Bonchev–Trinajstić information content (AvgIpc) is 1.57. The van der Waals surface area contributed by atoms with E-state index < -0.39 is 23.5 Å². The first kappa shape index (κ1) is 98.8. The Bertz CT molecular complexity index is 4190. The van der Waals surface area contributed by atoms with E-state index in [0.717, 1.165) is 120 Å². The summed E-state index contributed by atoms with van der Waals surface area (Å²) in [5, 5.41) is 29.3. The number of halogens is 8. The van der Waals surface area contributed by atoms with Crippen molar-refractivity contribution in [1.29, 1.82) is 0 Å². The molecule has 6 aliphatic carbocycles. The Labute approximate surface area is 707 Å². The minimum Gasteiger partial charge on any atom is -1.00 e. The molecule has 6 saturated carbocycles. The number of hydrogen-bond acceptors (Lipinski definition) is 22. The van der Waals surface area contributed by atoms with Gasteiger partial charge in [0.15, 0.2) is 0 Å².